The van der Waals surface area contributed by atoms with E-state index in [1.54, 1.807) is 18.9 Å². The molecule has 1 unspecified atom stereocenters. The Morgan fingerprint density at radius 2 is 1.91 bits per heavy atom. The van der Waals surface area contributed by atoms with Crippen molar-refractivity contribution < 1.29 is 23.6 Å². The van der Waals surface area contributed by atoms with Crippen LogP contribution in [0.5, 0.6) is 5.75 Å². The van der Waals surface area contributed by atoms with Crippen molar-refractivity contribution in [2.75, 3.05) is 33.0 Å². The zero-order valence-corrected chi connectivity index (χ0v) is 21.3. The van der Waals surface area contributed by atoms with Crippen LogP contribution in [0.15, 0.2) is 47.5 Å². The van der Waals surface area contributed by atoms with Gasteiger partial charge in [-0.05, 0) is 68.7 Å². The molecule has 1 fully saturated rings. The van der Waals surface area contributed by atoms with Crippen molar-refractivity contribution in [3.05, 3.63) is 53.9 Å². The quantitative estimate of drug-likeness (QED) is 0.351. The van der Waals surface area contributed by atoms with Gasteiger partial charge >= 0.3 is 0 Å². The van der Waals surface area contributed by atoms with Gasteiger partial charge in [-0.2, -0.15) is 0 Å². The molecule has 2 heterocycles. The Kier molecular flexibility index (Phi) is 9.17. The first-order chi connectivity index (χ1) is 16.3. The van der Waals surface area contributed by atoms with E-state index in [4.69, 9.17) is 15.2 Å². The number of carbonyl (C=O) groups excluding carboxylic acids is 2. The molecular formula is C24H32N3O5PS. The zero-order valence-electron chi connectivity index (χ0n) is 19.6. The van der Waals surface area contributed by atoms with E-state index >= 15 is 0 Å². The monoisotopic (exact) mass is 505 g/mol. The number of nitrogens with one attached hydrogen (secondary N) is 1. The average molecular weight is 506 g/mol. The van der Waals surface area contributed by atoms with Crippen LogP contribution in [0, 0.1) is 0 Å². The summed E-state index contributed by atoms with van der Waals surface area (Å²) in [7, 11) is 0. The lowest BCUT2D eigenvalue weighted by Crippen LogP contribution is -2.47. The van der Waals surface area contributed by atoms with E-state index in [-0.39, 0.29) is 5.91 Å². The predicted octanol–water partition coefficient (Wildman–Crippen LogP) is 3.88. The molecule has 1 aliphatic heterocycles. The first kappa shape index (κ1) is 26.3. The zero-order chi connectivity index (χ0) is 24.6. The minimum atomic E-state index is -2.99. The van der Waals surface area contributed by atoms with Crippen molar-refractivity contribution >= 4 is 29.5 Å². The number of aryl methyl sites for hydroxylation is 1. The van der Waals surface area contributed by atoms with Gasteiger partial charge in [-0.3, -0.25) is 14.6 Å². The fourth-order valence-corrected chi connectivity index (χ4v) is 8.93. The molecule has 3 N–H and O–H groups in total. The van der Waals surface area contributed by atoms with Gasteiger partial charge in [0.1, 0.15) is 10.9 Å². The second kappa shape index (κ2) is 11.9. The highest BCUT2D eigenvalue weighted by molar-refractivity contribution is 8.58. The number of hydrogen-bond acceptors (Lipinski definition) is 7. The summed E-state index contributed by atoms with van der Waals surface area (Å²) in [5.41, 5.74) is 7.17. The molecule has 0 spiro atoms. The van der Waals surface area contributed by atoms with Crippen molar-refractivity contribution in [1.29, 1.82) is 0 Å². The molecule has 0 aliphatic carbocycles. The smallest absolute Gasteiger partial charge is 0.252 e. The first-order valence-electron chi connectivity index (χ1n) is 11.4. The Hall–Kier alpha value is -2.35. The predicted molar refractivity (Wildman–Crippen MR) is 134 cm³/mol. The second-order valence-electron chi connectivity index (χ2n) is 8.27. The van der Waals surface area contributed by atoms with Crippen LogP contribution in [0.4, 0.5) is 0 Å². The largest absolute Gasteiger partial charge is 0.494 e. The summed E-state index contributed by atoms with van der Waals surface area (Å²) in [4.78, 5) is 29.4. The van der Waals surface area contributed by atoms with E-state index in [0.717, 1.165) is 17.0 Å². The fourth-order valence-electron chi connectivity index (χ4n) is 3.78. The van der Waals surface area contributed by atoms with Crippen LogP contribution in [0.3, 0.4) is 0 Å². The van der Waals surface area contributed by atoms with Gasteiger partial charge in [0.05, 0.1) is 12.2 Å². The summed E-state index contributed by atoms with van der Waals surface area (Å²) in [6, 6.07) is 10.9. The molecule has 2 aromatic rings. The van der Waals surface area contributed by atoms with Crippen LogP contribution in [0.25, 0.3) is 0 Å². The van der Waals surface area contributed by atoms with E-state index in [1.165, 1.54) is 11.4 Å². The van der Waals surface area contributed by atoms with Gasteiger partial charge in [0, 0.05) is 36.5 Å². The molecule has 10 heteroatoms. The Morgan fingerprint density at radius 3 is 2.50 bits per heavy atom. The maximum absolute atomic E-state index is 13.6. The van der Waals surface area contributed by atoms with Crippen LogP contribution in [0.2, 0.25) is 0 Å². The van der Waals surface area contributed by atoms with Gasteiger partial charge in [-0.15, -0.1) is 0 Å². The van der Waals surface area contributed by atoms with Gasteiger partial charge in [0.2, 0.25) is 5.91 Å². The lowest BCUT2D eigenvalue weighted by molar-refractivity contribution is -0.122. The molecule has 0 bridgehead atoms. The third kappa shape index (κ3) is 6.40. The fraction of sp³-hybridized carbons (Fsp3) is 0.458. The lowest BCUT2D eigenvalue weighted by Gasteiger charge is -2.38. The molecule has 1 aromatic carbocycles. The summed E-state index contributed by atoms with van der Waals surface area (Å²) in [5.74, 6) is 0.00542. The SMILES string of the molecule is CCc1ccc(C(=O)NCCCOc2ccc(SP(C)(=O)C3(C(N)=O)CCOCC3)cc2)cn1. The molecule has 0 saturated carbocycles. The van der Waals surface area contributed by atoms with Crippen molar-refractivity contribution in [3.63, 3.8) is 0 Å². The normalized spacial score (nSPS) is 16.9. The number of pyridine rings is 1. The van der Waals surface area contributed by atoms with E-state index in [1.807, 2.05) is 37.3 Å². The summed E-state index contributed by atoms with van der Waals surface area (Å²) in [5, 5.41) is 1.82. The molecule has 1 atom stereocenters. The number of nitrogens with two attached hydrogens (primary N) is 1. The standard InChI is InChI=1S/C24H32N3O5PS/c1-3-19-6-5-18(17-27-19)22(28)26-13-4-14-32-20-7-9-21(10-8-20)34-33(2,30)24(23(25)29)11-15-31-16-12-24/h5-10,17H,3-4,11-16H2,1-2H3,(H2,25,29)(H,26,28). The maximum Gasteiger partial charge on any atom is 0.252 e. The number of hydrogen-bond donors (Lipinski definition) is 2. The van der Waals surface area contributed by atoms with Crippen molar-refractivity contribution in [1.82, 2.24) is 10.3 Å². The molecule has 2 amide bonds. The Bertz CT molecular complexity index is 1020. The number of nitrogens with zero attached hydrogens (tertiary/aromatic N) is 1. The lowest BCUT2D eigenvalue weighted by atomic mass is 9.98. The Labute approximate surface area is 204 Å². The van der Waals surface area contributed by atoms with Gasteiger partial charge in [-0.25, -0.2) is 0 Å². The molecule has 34 heavy (non-hydrogen) atoms. The third-order valence-corrected chi connectivity index (χ3v) is 11.8. The molecule has 1 aliphatic rings. The van der Waals surface area contributed by atoms with E-state index in [2.05, 4.69) is 10.3 Å². The topological polar surface area (TPSA) is 121 Å². The summed E-state index contributed by atoms with van der Waals surface area (Å²) in [6.07, 6.45) is 0.840. The highest BCUT2D eigenvalue weighted by Crippen LogP contribution is 2.70. The molecular weight excluding hydrogens is 473 g/mol. The van der Waals surface area contributed by atoms with Crippen LogP contribution in [0.1, 0.15) is 42.2 Å². The van der Waals surface area contributed by atoms with Gasteiger partial charge in [0.25, 0.3) is 5.91 Å². The number of amides is 2. The number of carbonyl (C=O) groups is 2. The second-order valence-corrected chi connectivity index (χ2v) is 14.1. The minimum absolute atomic E-state index is 0.154. The Morgan fingerprint density at radius 1 is 1.21 bits per heavy atom. The van der Waals surface area contributed by atoms with Gasteiger partial charge in [-0.1, -0.05) is 18.3 Å². The number of benzene rings is 1. The highest BCUT2D eigenvalue weighted by atomic mass is 32.7. The van der Waals surface area contributed by atoms with Crippen molar-refractivity contribution in [3.8, 4) is 5.75 Å². The van der Waals surface area contributed by atoms with Crippen LogP contribution in [-0.4, -0.2) is 55.0 Å². The maximum atomic E-state index is 13.6. The molecule has 0 radical (unpaired) electrons. The van der Waals surface area contributed by atoms with Gasteiger partial charge in [0.15, 0.2) is 6.34 Å². The van der Waals surface area contributed by atoms with E-state index in [0.29, 0.717) is 56.9 Å². The minimum Gasteiger partial charge on any atom is -0.494 e. The molecule has 1 aromatic heterocycles. The average Bonchev–Trinajstić information content (AvgIpc) is 2.84. The van der Waals surface area contributed by atoms with E-state index in [9.17, 15) is 14.2 Å². The van der Waals surface area contributed by atoms with Gasteiger partial charge < -0.3 is 25.1 Å². The van der Waals surface area contributed by atoms with Crippen molar-refractivity contribution in [2.24, 2.45) is 5.73 Å². The number of rotatable bonds is 11. The highest BCUT2D eigenvalue weighted by Gasteiger charge is 2.51. The van der Waals surface area contributed by atoms with Crippen molar-refractivity contribution in [2.45, 2.75) is 42.7 Å². The number of aromatic nitrogens is 1. The van der Waals surface area contributed by atoms with E-state index < -0.39 is 17.4 Å². The first-order valence-corrected chi connectivity index (χ1v) is 15.0. The van der Waals surface area contributed by atoms with Crippen LogP contribution >= 0.6 is 17.7 Å². The molecule has 1 saturated heterocycles. The molecule has 3 rings (SSSR count). The van der Waals surface area contributed by atoms with Crippen LogP contribution in [-0.2, 0) is 20.5 Å². The summed E-state index contributed by atoms with van der Waals surface area (Å²) < 4.78 is 24.7. The summed E-state index contributed by atoms with van der Waals surface area (Å²) in [6.45, 7) is 5.36. The molecule has 8 nitrogen and oxygen atoms in total. The number of primary amides is 1. The number of ether oxygens (including phenoxy) is 2. The third-order valence-electron chi connectivity index (χ3n) is 5.98. The Balaban J connectivity index is 1.45. The summed E-state index contributed by atoms with van der Waals surface area (Å²) >= 11 is 1.21. The molecule has 184 valence electrons. The van der Waals surface area contributed by atoms with Crippen LogP contribution < -0.4 is 15.8 Å².